The van der Waals surface area contributed by atoms with Crippen molar-refractivity contribution < 1.29 is 0 Å². The van der Waals surface area contributed by atoms with E-state index in [9.17, 15) is 0 Å². The molecule has 0 fully saturated rings. The SMILES string of the molecule is CCCCC/C=C/c1ccc2ccccc2c1. The van der Waals surface area contributed by atoms with Crippen LogP contribution in [0.15, 0.2) is 48.5 Å². The Kier molecular flexibility index (Phi) is 4.37. The topological polar surface area (TPSA) is 0 Å². The van der Waals surface area contributed by atoms with Crippen LogP contribution in [0, 0.1) is 0 Å². The minimum Gasteiger partial charge on any atom is -0.0839 e. The third-order valence-corrected chi connectivity index (χ3v) is 3.06. The molecule has 2 aromatic rings. The third-order valence-electron chi connectivity index (χ3n) is 3.06. The lowest BCUT2D eigenvalue weighted by molar-refractivity contribution is 0.730. The molecule has 0 bridgehead atoms. The van der Waals surface area contributed by atoms with Gasteiger partial charge >= 0.3 is 0 Å². The molecule has 2 rings (SSSR count). The molecule has 0 aliphatic heterocycles. The van der Waals surface area contributed by atoms with Gasteiger partial charge in [0.25, 0.3) is 0 Å². The van der Waals surface area contributed by atoms with Gasteiger partial charge in [-0.15, -0.1) is 0 Å². The molecule has 0 N–H and O–H groups in total. The molecule has 17 heavy (non-hydrogen) atoms. The molecule has 0 heterocycles. The van der Waals surface area contributed by atoms with Crippen LogP contribution < -0.4 is 0 Å². The van der Waals surface area contributed by atoms with Gasteiger partial charge in [0.2, 0.25) is 0 Å². The normalized spacial score (nSPS) is 11.4. The van der Waals surface area contributed by atoms with Crippen molar-refractivity contribution in [3.05, 3.63) is 54.1 Å². The van der Waals surface area contributed by atoms with Crippen LogP contribution in [0.3, 0.4) is 0 Å². The third kappa shape index (κ3) is 3.45. The largest absolute Gasteiger partial charge is 0.0839 e. The van der Waals surface area contributed by atoms with E-state index in [2.05, 4.69) is 61.5 Å². The molecule has 0 radical (unpaired) electrons. The maximum atomic E-state index is 2.29. The minimum absolute atomic E-state index is 1.20. The first kappa shape index (κ1) is 11.9. The minimum atomic E-state index is 1.20. The number of hydrogen-bond acceptors (Lipinski definition) is 0. The maximum Gasteiger partial charge on any atom is -0.0178 e. The Hall–Kier alpha value is -1.56. The predicted molar refractivity (Wildman–Crippen MR) is 77.1 cm³/mol. The van der Waals surface area contributed by atoms with E-state index in [1.165, 1.54) is 42.0 Å². The van der Waals surface area contributed by atoms with Gasteiger partial charge in [0, 0.05) is 0 Å². The van der Waals surface area contributed by atoms with E-state index in [0.29, 0.717) is 0 Å². The number of unbranched alkanes of at least 4 members (excludes halogenated alkanes) is 3. The Morgan fingerprint density at radius 1 is 0.941 bits per heavy atom. The molecule has 0 atom stereocenters. The quantitative estimate of drug-likeness (QED) is 0.594. The van der Waals surface area contributed by atoms with E-state index in [-0.39, 0.29) is 0 Å². The van der Waals surface area contributed by atoms with Crippen molar-refractivity contribution in [2.75, 3.05) is 0 Å². The lowest BCUT2D eigenvalue weighted by Gasteiger charge is -1.99. The van der Waals surface area contributed by atoms with E-state index in [0.717, 1.165) is 0 Å². The molecular weight excluding hydrogens is 204 g/mol. The molecule has 2 aromatic carbocycles. The number of benzene rings is 2. The van der Waals surface area contributed by atoms with Crippen LogP contribution in [0.25, 0.3) is 16.8 Å². The lowest BCUT2D eigenvalue weighted by Crippen LogP contribution is -1.75. The number of allylic oxidation sites excluding steroid dienone is 1. The number of rotatable bonds is 5. The van der Waals surface area contributed by atoms with E-state index < -0.39 is 0 Å². The smallest absolute Gasteiger partial charge is 0.0178 e. The van der Waals surface area contributed by atoms with E-state index in [4.69, 9.17) is 0 Å². The monoisotopic (exact) mass is 224 g/mol. The summed E-state index contributed by atoms with van der Waals surface area (Å²) < 4.78 is 0. The van der Waals surface area contributed by atoms with Crippen molar-refractivity contribution in [3.8, 4) is 0 Å². The van der Waals surface area contributed by atoms with E-state index in [1.807, 2.05) is 0 Å². The van der Waals surface area contributed by atoms with Crippen molar-refractivity contribution >= 4 is 16.8 Å². The molecule has 0 heteroatoms. The van der Waals surface area contributed by atoms with Crippen LogP contribution in [0.5, 0.6) is 0 Å². The first-order valence-corrected chi connectivity index (χ1v) is 6.55. The maximum absolute atomic E-state index is 2.29. The highest BCUT2D eigenvalue weighted by Crippen LogP contribution is 2.16. The summed E-state index contributed by atoms with van der Waals surface area (Å²) >= 11 is 0. The Morgan fingerprint density at radius 3 is 2.59 bits per heavy atom. The first-order valence-electron chi connectivity index (χ1n) is 6.55. The summed E-state index contributed by atoms with van der Waals surface area (Å²) in [4.78, 5) is 0. The van der Waals surface area contributed by atoms with Crippen LogP contribution >= 0.6 is 0 Å². The summed E-state index contributed by atoms with van der Waals surface area (Å²) in [7, 11) is 0. The van der Waals surface area contributed by atoms with Gasteiger partial charge in [-0.05, 0) is 35.2 Å². The lowest BCUT2D eigenvalue weighted by atomic mass is 10.1. The van der Waals surface area contributed by atoms with Gasteiger partial charge in [0.05, 0.1) is 0 Å². The Labute approximate surface area is 104 Å². The summed E-state index contributed by atoms with van der Waals surface area (Å²) in [5.74, 6) is 0. The zero-order valence-corrected chi connectivity index (χ0v) is 10.5. The highest BCUT2D eigenvalue weighted by Gasteiger charge is 1.92. The second kappa shape index (κ2) is 6.24. The number of hydrogen-bond donors (Lipinski definition) is 0. The summed E-state index contributed by atoms with van der Waals surface area (Å²) in [5.41, 5.74) is 1.31. The molecule has 0 aliphatic carbocycles. The van der Waals surface area contributed by atoms with Gasteiger partial charge in [0.15, 0.2) is 0 Å². The van der Waals surface area contributed by atoms with Gasteiger partial charge in [-0.3, -0.25) is 0 Å². The molecule has 0 saturated carbocycles. The van der Waals surface area contributed by atoms with Crippen molar-refractivity contribution in [2.45, 2.75) is 32.6 Å². The molecule has 0 aromatic heterocycles. The molecule has 0 saturated heterocycles. The molecule has 0 spiro atoms. The average molecular weight is 224 g/mol. The molecule has 0 nitrogen and oxygen atoms in total. The second-order valence-electron chi connectivity index (χ2n) is 4.50. The average Bonchev–Trinajstić information content (AvgIpc) is 2.38. The number of fused-ring (bicyclic) bond motifs is 1. The fourth-order valence-electron chi connectivity index (χ4n) is 2.04. The summed E-state index contributed by atoms with van der Waals surface area (Å²) in [6.07, 6.45) is 9.66. The van der Waals surface area contributed by atoms with Crippen LogP contribution in [0.4, 0.5) is 0 Å². The summed E-state index contributed by atoms with van der Waals surface area (Å²) in [6, 6.07) is 15.2. The molecule has 88 valence electrons. The highest BCUT2D eigenvalue weighted by molar-refractivity contribution is 5.84. The van der Waals surface area contributed by atoms with Gasteiger partial charge in [-0.1, -0.05) is 68.3 Å². The van der Waals surface area contributed by atoms with Crippen LogP contribution in [0.2, 0.25) is 0 Å². The molecule has 0 amide bonds. The van der Waals surface area contributed by atoms with Gasteiger partial charge < -0.3 is 0 Å². The Morgan fingerprint density at radius 2 is 1.76 bits per heavy atom. The Bertz CT molecular complexity index is 494. The molecular formula is C17H20. The molecule has 0 unspecified atom stereocenters. The van der Waals surface area contributed by atoms with Crippen molar-refractivity contribution in [2.24, 2.45) is 0 Å². The molecule has 0 aliphatic rings. The van der Waals surface area contributed by atoms with Crippen molar-refractivity contribution in [1.82, 2.24) is 0 Å². The van der Waals surface area contributed by atoms with Gasteiger partial charge in [0.1, 0.15) is 0 Å². The fourth-order valence-corrected chi connectivity index (χ4v) is 2.04. The zero-order chi connectivity index (χ0) is 11.9. The summed E-state index contributed by atoms with van der Waals surface area (Å²) in [5, 5.41) is 2.64. The van der Waals surface area contributed by atoms with E-state index in [1.54, 1.807) is 0 Å². The first-order chi connectivity index (χ1) is 8.40. The fraction of sp³-hybridized carbons (Fsp3) is 0.294. The van der Waals surface area contributed by atoms with Crippen LogP contribution in [-0.4, -0.2) is 0 Å². The predicted octanol–water partition coefficient (Wildman–Crippen LogP) is 5.43. The standard InChI is InChI=1S/C17H20/c1-2-3-4-5-6-9-15-12-13-16-10-7-8-11-17(16)14-15/h6-14H,2-5H2,1H3/b9-6+. The Balaban J connectivity index is 2.04. The van der Waals surface area contributed by atoms with Gasteiger partial charge in [-0.25, -0.2) is 0 Å². The van der Waals surface area contributed by atoms with E-state index >= 15 is 0 Å². The second-order valence-corrected chi connectivity index (χ2v) is 4.50. The summed E-state index contributed by atoms with van der Waals surface area (Å²) in [6.45, 7) is 2.24. The highest BCUT2D eigenvalue weighted by atomic mass is 14.0. The van der Waals surface area contributed by atoms with Crippen LogP contribution in [0.1, 0.15) is 38.2 Å². The van der Waals surface area contributed by atoms with Crippen LogP contribution in [-0.2, 0) is 0 Å². The van der Waals surface area contributed by atoms with Crippen molar-refractivity contribution in [1.29, 1.82) is 0 Å². The zero-order valence-electron chi connectivity index (χ0n) is 10.5. The van der Waals surface area contributed by atoms with Gasteiger partial charge in [-0.2, -0.15) is 0 Å². The van der Waals surface area contributed by atoms with Crippen molar-refractivity contribution in [3.63, 3.8) is 0 Å².